The number of aromatic amines is 1. The van der Waals surface area contributed by atoms with Crippen molar-refractivity contribution in [3.63, 3.8) is 0 Å². The normalized spacial score (nSPS) is 17.5. The fourth-order valence-electron chi connectivity index (χ4n) is 4.98. The Morgan fingerprint density at radius 3 is 2.47 bits per heavy atom. The number of alkyl halides is 3. The molecular weight excluding hydrogens is 441 g/mol. The number of benzene rings is 1. The van der Waals surface area contributed by atoms with E-state index >= 15 is 0 Å². The van der Waals surface area contributed by atoms with Crippen molar-refractivity contribution in [1.82, 2.24) is 19.9 Å². The Hall–Kier alpha value is -3.00. The number of nitrogens with one attached hydrogen (secondary N) is 1. The lowest BCUT2D eigenvalue weighted by molar-refractivity contribution is -0.137. The number of fused-ring (bicyclic) bond motifs is 1. The van der Waals surface area contributed by atoms with Crippen LogP contribution in [0.15, 0.2) is 47.4 Å². The first-order chi connectivity index (χ1) is 16.4. The van der Waals surface area contributed by atoms with Crippen LogP contribution in [0.3, 0.4) is 0 Å². The van der Waals surface area contributed by atoms with Crippen molar-refractivity contribution in [2.45, 2.75) is 63.7 Å². The van der Waals surface area contributed by atoms with Gasteiger partial charge in [0.15, 0.2) is 0 Å². The van der Waals surface area contributed by atoms with E-state index in [1.807, 2.05) is 12.1 Å². The predicted octanol–water partition coefficient (Wildman–Crippen LogP) is 5.46. The van der Waals surface area contributed by atoms with Crippen molar-refractivity contribution in [2.24, 2.45) is 0 Å². The standard InChI is InChI=1S/C26H27F3N4O/c27-26(28,29)20-9-7-18(8-10-20)22-11-6-17(14-30-22)15-33-13-12-23-21(16-33)25(34)32-24(31-23)19-4-2-1-3-5-19/h6-11,14,19H,1-5,12-13,15-16H2,(H,31,32,34). The van der Waals surface area contributed by atoms with Crippen LogP contribution in [-0.4, -0.2) is 26.4 Å². The molecule has 1 aromatic carbocycles. The number of hydrogen-bond acceptors (Lipinski definition) is 4. The fraction of sp³-hybridized carbons (Fsp3) is 0.423. The largest absolute Gasteiger partial charge is 0.416 e. The van der Waals surface area contributed by atoms with Gasteiger partial charge in [0.25, 0.3) is 5.56 Å². The summed E-state index contributed by atoms with van der Waals surface area (Å²) in [7, 11) is 0. The molecule has 1 fully saturated rings. The van der Waals surface area contributed by atoms with Crippen LogP contribution in [0.4, 0.5) is 13.2 Å². The summed E-state index contributed by atoms with van der Waals surface area (Å²) in [4.78, 5) is 27.3. The number of hydrogen-bond donors (Lipinski definition) is 1. The molecule has 5 rings (SSSR count). The van der Waals surface area contributed by atoms with Crippen LogP contribution in [0.2, 0.25) is 0 Å². The summed E-state index contributed by atoms with van der Waals surface area (Å²) in [6, 6.07) is 8.77. The molecule has 1 aliphatic heterocycles. The van der Waals surface area contributed by atoms with E-state index in [2.05, 4.69) is 14.9 Å². The van der Waals surface area contributed by atoms with Crippen LogP contribution >= 0.6 is 0 Å². The van der Waals surface area contributed by atoms with E-state index < -0.39 is 11.7 Å². The van der Waals surface area contributed by atoms with Crippen molar-refractivity contribution >= 4 is 0 Å². The molecule has 1 saturated carbocycles. The third kappa shape index (κ3) is 4.92. The zero-order valence-corrected chi connectivity index (χ0v) is 18.9. The summed E-state index contributed by atoms with van der Waals surface area (Å²) in [5.41, 5.74) is 3.23. The minimum Gasteiger partial charge on any atom is -0.310 e. The van der Waals surface area contributed by atoms with Crippen molar-refractivity contribution in [3.05, 3.63) is 81.2 Å². The highest BCUT2D eigenvalue weighted by atomic mass is 19.4. The molecule has 2 aromatic heterocycles. The van der Waals surface area contributed by atoms with Gasteiger partial charge in [-0.05, 0) is 36.6 Å². The minimum absolute atomic E-state index is 0.0222. The van der Waals surface area contributed by atoms with Gasteiger partial charge >= 0.3 is 6.18 Å². The number of halogens is 3. The molecule has 1 N–H and O–H groups in total. The second kappa shape index (κ2) is 9.33. The Labute approximate surface area is 196 Å². The Bertz CT molecular complexity index is 1200. The van der Waals surface area contributed by atoms with Gasteiger partial charge in [0.05, 0.1) is 22.5 Å². The Morgan fingerprint density at radius 1 is 1.03 bits per heavy atom. The summed E-state index contributed by atoms with van der Waals surface area (Å²) < 4.78 is 38.3. The van der Waals surface area contributed by atoms with Gasteiger partial charge in [-0.25, -0.2) is 4.98 Å². The molecule has 0 saturated heterocycles. The maximum absolute atomic E-state index is 12.8. The van der Waals surface area contributed by atoms with Crippen LogP contribution in [-0.2, 0) is 25.7 Å². The lowest BCUT2D eigenvalue weighted by Crippen LogP contribution is -2.36. The van der Waals surface area contributed by atoms with E-state index in [1.165, 1.54) is 31.4 Å². The molecule has 3 heterocycles. The Kier molecular flexibility index (Phi) is 6.25. The van der Waals surface area contributed by atoms with Crippen molar-refractivity contribution < 1.29 is 13.2 Å². The van der Waals surface area contributed by atoms with E-state index in [0.717, 1.165) is 60.6 Å². The number of H-pyrrole nitrogens is 1. The molecule has 5 nitrogen and oxygen atoms in total. The van der Waals surface area contributed by atoms with Gasteiger partial charge in [0.2, 0.25) is 0 Å². The Balaban J connectivity index is 1.25. The van der Waals surface area contributed by atoms with Gasteiger partial charge in [-0.1, -0.05) is 37.5 Å². The van der Waals surface area contributed by atoms with E-state index in [-0.39, 0.29) is 5.56 Å². The highest BCUT2D eigenvalue weighted by molar-refractivity contribution is 5.59. The molecule has 8 heteroatoms. The van der Waals surface area contributed by atoms with Crippen LogP contribution in [0.1, 0.15) is 66.2 Å². The molecule has 0 bridgehead atoms. The predicted molar refractivity (Wildman–Crippen MR) is 123 cm³/mol. The van der Waals surface area contributed by atoms with Gasteiger partial charge in [0, 0.05) is 43.7 Å². The lowest BCUT2D eigenvalue weighted by atomic mass is 9.88. The van der Waals surface area contributed by atoms with Gasteiger partial charge in [-0.2, -0.15) is 13.2 Å². The van der Waals surface area contributed by atoms with Crippen LogP contribution in [0.5, 0.6) is 0 Å². The van der Waals surface area contributed by atoms with E-state index in [0.29, 0.717) is 30.3 Å². The van der Waals surface area contributed by atoms with Crippen molar-refractivity contribution in [3.8, 4) is 11.3 Å². The van der Waals surface area contributed by atoms with Gasteiger partial charge < -0.3 is 4.98 Å². The molecule has 1 aliphatic carbocycles. The summed E-state index contributed by atoms with van der Waals surface area (Å²) in [5.74, 6) is 1.24. The third-order valence-electron chi connectivity index (χ3n) is 6.90. The van der Waals surface area contributed by atoms with E-state index in [4.69, 9.17) is 4.98 Å². The van der Waals surface area contributed by atoms with Crippen LogP contribution in [0.25, 0.3) is 11.3 Å². The molecule has 2 aliphatic rings. The van der Waals surface area contributed by atoms with E-state index in [9.17, 15) is 18.0 Å². The first-order valence-electron chi connectivity index (χ1n) is 11.8. The molecular formula is C26H27F3N4O. The summed E-state index contributed by atoms with van der Waals surface area (Å²) in [6.45, 7) is 2.00. The first-order valence-corrected chi connectivity index (χ1v) is 11.8. The third-order valence-corrected chi connectivity index (χ3v) is 6.90. The molecule has 0 amide bonds. The second-order valence-corrected chi connectivity index (χ2v) is 9.30. The minimum atomic E-state index is -4.35. The topological polar surface area (TPSA) is 61.9 Å². The number of nitrogens with zero attached hydrogens (tertiary/aromatic N) is 3. The summed E-state index contributed by atoms with van der Waals surface area (Å²) in [6.07, 6.45) is 4.01. The van der Waals surface area contributed by atoms with Crippen molar-refractivity contribution in [2.75, 3.05) is 6.54 Å². The monoisotopic (exact) mass is 468 g/mol. The molecule has 0 atom stereocenters. The van der Waals surface area contributed by atoms with Crippen LogP contribution in [0, 0.1) is 0 Å². The maximum atomic E-state index is 12.8. The summed E-state index contributed by atoms with van der Waals surface area (Å²) in [5, 5.41) is 0. The maximum Gasteiger partial charge on any atom is 0.416 e. The summed E-state index contributed by atoms with van der Waals surface area (Å²) >= 11 is 0. The molecule has 0 unspecified atom stereocenters. The molecule has 0 spiro atoms. The number of pyridine rings is 1. The van der Waals surface area contributed by atoms with Gasteiger partial charge in [-0.3, -0.25) is 14.7 Å². The first kappa shape index (κ1) is 22.8. The van der Waals surface area contributed by atoms with Gasteiger partial charge in [0.1, 0.15) is 5.82 Å². The van der Waals surface area contributed by atoms with E-state index in [1.54, 1.807) is 6.20 Å². The smallest absolute Gasteiger partial charge is 0.310 e. The SMILES string of the molecule is O=c1[nH]c(C2CCCCC2)nc2c1CN(Cc1ccc(-c3ccc(C(F)(F)F)cc3)nc1)CC2. The average molecular weight is 469 g/mol. The fourth-order valence-corrected chi connectivity index (χ4v) is 4.98. The molecule has 3 aromatic rings. The average Bonchev–Trinajstić information content (AvgIpc) is 2.85. The Morgan fingerprint density at radius 2 is 1.79 bits per heavy atom. The molecule has 178 valence electrons. The highest BCUT2D eigenvalue weighted by Gasteiger charge is 2.30. The van der Waals surface area contributed by atoms with Crippen LogP contribution < -0.4 is 5.56 Å². The van der Waals surface area contributed by atoms with Crippen molar-refractivity contribution in [1.29, 1.82) is 0 Å². The molecule has 0 radical (unpaired) electrons. The lowest BCUT2D eigenvalue weighted by Gasteiger charge is -2.28. The van der Waals surface area contributed by atoms with Gasteiger partial charge in [-0.15, -0.1) is 0 Å². The highest BCUT2D eigenvalue weighted by Crippen LogP contribution is 2.32. The number of aromatic nitrogens is 3. The second-order valence-electron chi connectivity index (χ2n) is 9.30. The number of rotatable bonds is 4. The zero-order valence-electron chi connectivity index (χ0n) is 18.9. The quantitative estimate of drug-likeness (QED) is 0.553. The molecule has 34 heavy (non-hydrogen) atoms. The zero-order chi connectivity index (χ0) is 23.7.